The summed E-state index contributed by atoms with van der Waals surface area (Å²) in [6.07, 6.45) is 8.95. The van der Waals surface area contributed by atoms with Crippen LogP contribution in [0.2, 0.25) is 0 Å². The topological polar surface area (TPSA) is 55.2 Å². The first-order chi connectivity index (χ1) is 15.0. The minimum Gasteiger partial charge on any atom is -0.376 e. The second kappa shape index (κ2) is 8.40. The van der Waals surface area contributed by atoms with E-state index >= 15 is 0 Å². The third kappa shape index (κ3) is 4.11. The number of rotatable bonds is 5. The lowest BCUT2D eigenvalue weighted by molar-refractivity contribution is -0.868. The number of allylic oxidation sites excluding steroid dienone is 3. The number of likely N-dealkylation sites (tertiary alicyclic amines) is 1. The maximum absolute atomic E-state index is 14.8. The molecule has 1 aromatic carbocycles. The molecule has 0 bridgehead atoms. The Morgan fingerprint density at radius 2 is 1.97 bits per heavy atom. The molecule has 168 valence electrons. The van der Waals surface area contributed by atoms with Gasteiger partial charge < -0.3 is 14.2 Å². The molecule has 5 rings (SSSR count). The molecule has 0 amide bonds. The number of ether oxygens (including phenoxy) is 1. The summed E-state index contributed by atoms with van der Waals surface area (Å²) in [5.41, 5.74) is 6.62. The van der Waals surface area contributed by atoms with E-state index in [1.807, 2.05) is 30.3 Å². The maximum Gasteiger partial charge on any atom is 0.352 e. The van der Waals surface area contributed by atoms with Gasteiger partial charge in [-0.05, 0) is 49.7 Å². The summed E-state index contributed by atoms with van der Waals surface area (Å²) in [4.78, 5) is 1.48. The van der Waals surface area contributed by atoms with Gasteiger partial charge in [-0.1, -0.05) is 38.1 Å². The van der Waals surface area contributed by atoms with Gasteiger partial charge in [-0.15, -0.1) is 0 Å². The Morgan fingerprint density at radius 1 is 1.19 bits per heavy atom. The number of para-hydroxylation sites is 1. The Balaban J connectivity index is 1.59. The van der Waals surface area contributed by atoms with E-state index in [4.69, 9.17) is 9.26 Å². The van der Waals surface area contributed by atoms with Gasteiger partial charge in [-0.3, -0.25) is 9.99 Å². The number of hydrazine groups is 1. The molecule has 0 saturated carbocycles. The number of quaternary nitrogens is 1. The van der Waals surface area contributed by atoms with Crippen LogP contribution >= 0.6 is 7.52 Å². The molecule has 0 unspecified atom stereocenters. The zero-order valence-corrected chi connectivity index (χ0v) is 19.6. The van der Waals surface area contributed by atoms with Crippen molar-refractivity contribution in [3.8, 4) is 0 Å². The number of hydrogen-bond acceptors (Lipinski definition) is 4. The molecule has 3 heterocycles. The minimum atomic E-state index is -3.33. The molecular weight excluding hydrogens is 409 g/mol. The van der Waals surface area contributed by atoms with Crippen molar-refractivity contribution in [2.45, 2.75) is 58.5 Å². The van der Waals surface area contributed by atoms with Crippen molar-refractivity contribution in [2.75, 3.05) is 31.1 Å². The normalized spacial score (nSPS) is 30.8. The van der Waals surface area contributed by atoms with Crippen LogP contribution in [-0.4, -0.2) is 32.4 Å². The van der Waals surface area contributed by atoms with Crippen LogP contribution in [0.1, 0.15) is 52.4 Å². The number of piperidine rings is 1. The lowest BCUT2D eigenvalue weighted by Gasteiger charge is -2.34. The van der Waals surface area contributed by atoms with Gasteiger partial charge >= 0.3 is 7.52 Å². The number of fused-ring (bicyclic) bond motifs is 1. The quantitative estimate of drug-likeness (QED) is 0.673. The molecule has 4 aliphatic rings. The highest BCUT2D eigenvalue weighted by molar-refractivity contribution is 7.65. The zero-order chi connectivity index (χ0) is 21.5. The molecule has 7 heteroatoms. The van der Waals surface area contributed by atoms with Crippen LogP contribution in [0.5, 0.6) is 0 Å². The molecule has 0 aromatic heterocycles. The van der Waals surface area contributed by atoms with Crippen LogP contribution in [0.25, 0.3) is 0 Å². The minimum absolute atomic E-state index is 0.0116. The molecule has 0 radical (unpaired) electrons. The fourth-order valence-electron chi connectivity index (χ4n) is 5.34. The third-order valence-electron chi connectivity index (χ3n) is 6.82. The third-order valence-corrected chi connectivity index (χ3v) is 9.26. The molecule has 3 saturated heterocycles. The van der Waals surface area contributed by atoms with Crippen LogP contribution < -0.4 is 15.1 Å². The van der Waals surface area contributed by atoms with Crippen molar-refractivity contribution in [1.29, 1.82) is 0 Å². The number of nitrogens with one attached hydrogen (secondary N) is 2. The van der Waals surface area contributed by atoms with Crippen molar-refractivity contribution >= 4 is 13.2 Å². The molecule has 3 fully saturated rings. The molecule has 1 aliphatic carbocycles. The van der Waals surface area contributed by atoms with E-state index in [-0.39, 0.29) is 11.5 Å². The van der Waals surface area contributed by atoms with Gasteiger partial charge in [-0.2, -0.15) is 0 Å². The van der Waals surface area contributed by atoms with Crippen LogP contribution in [-0.2, 0) is 13.8 Å². The first-order valence-electron chi connectivity index (χ1n) is 11.8. The SMILES string of the molecule is CC1(C)C=C2NN(c3ccccc3)[P@@](=O)(OC[C@@H]3CCCO3)C2=C([NH+]2CCCCC2)C1. The molecule has 6 nitrogen and oxygen atoms in total. The summed E-state index contributed by atoms with van der Waals surface area (Å²) in [6.45, 7) is 7.89. The highest BCUT2D eigenvalue weighted by Crippen LogP contribution is 2.67. The van der Waals surface area contributed by atoms with Gasteiger partial charge in [0.15, 0.2) is 0 Å². The molecule has 2 N–H and O–H groups in total. The van der Waals surface area contributed by atoms with E-state index in [9.17, 15) is 4.57 Å². The van der Waals surface area contributed by atoms with Crippen LogP contribution in [0.4, 0.5) is 5.69 Å². The smallest absolute Gasteiger partial charge is 0.352 e. The van der Waals surface area contributed by atoms with Crippen molar-refractivity contribution in [2.24, 2.45) is 5.41 Å². The molecule has 0 spiro atoms. The van der Waals surface area contributed by atoms with Crippen molar-refractivity contribution in [3.05, 3.63) is 53.1 Å². The first kappa shape index (κ1) is 21.3. The van der Waals surface area contributed by atoms with Gasteiger partial charge in [-0.25, -0.2) is 4.78 Å². The summed E-state index contributed by atoms with van der Waals surface area (Å²) in [5.74, 6) is 0. The van der Waals surface area contributed by atoms with Crippen molar-refractivity contribution < 1.29 is 18.7 Å². The average Bonchev–Trinajstić information content (AvgIpc) is 3.39. The highest BCUT2D eigenvalue weighted by atomic mass is 31.2. The Kier molecular flexibility index (Phi) is 5.76. The standard InChI is InChI=1S/C24H34N3O3P/c1-24(2)16-21-23(22(17-24)26-13-7-4-8-14-26)31(28,30-18-20-12-9-15-29-20)27(25-21)19-10-5-3-6-11-19/h3,5-6,10-11,16,20,25H,4,7-9,12-15,17-18H2,1-2H3/p+1/t20-,31-/m0/s1. The van der Waals surface area contributed by atoms with E-state index in [0.717, 1.165) is 55.7 Å². The Labute approximate surface area is 185 Å². The Bertz CT molecular complexity index is 915. The van der Waals surface area contributed by atoms with Gasteiger partial charge in [0.05, 0.1) is 37.2 Å². The first-order valence-corrected chi connectivity index (χ1v) is 13.3. The fraction of sp³-hybridized carbons (Fsp3) is 0.583. The average molecular weight is 445 g/mol. The largest absolute Gasteiger partial charge is 0.376 e. The van der Waals surface area contributed by atoms with Crippen LogP contribution in [0.3, 0.4) is 0 Å². The van der Waals surface area contributed by atoms with Crippen molar-refractivity contribution in [1.82, 2.24) is 5.43 Å². The zero-order valence-electron chi connectivity index (χ0n) is 18.7. The second-order valence-electron chi connectivity index (χ2n) is 9.93. The Morgan fingerprint density at radius 3 is 2.68 bits per heavy atom. The van der Waals surface area contributed by atoms with Crippen LogP contribution in [0, 0.1) is 5.41 Å². The number of anilines is 1. The summed E-state index contributed by atoms with van der Waals surface area (Å²) >= 11 is 0. The van der Waals surface area contributed by atoms with Gasteiger partial charge in [0.2, 0.25) is 0 Å². The van der Waals surface area contributed by atoms with E-state index in [1.165, 1.54) is 29.9 Å². The second-order valence-corrected chi connectivity index (χ2v) is 12.1. The summed E-state index contributed by atoms with van der Waals surface area (Å²) in [7, 11) is -3.33. The molecule has 2 atom stereocenters. The molecule has 31 heavy (non-hydrogen) atoms. The van der Waals surface area contributed by atoms with Gasteiger partial charge in [0.25, 0.3) is 0 Å². The molecular formula is C24H35N3O3P+. The summed E-state index contributed by atoms with van der Waals surface area (Å²) < 4.78 is 28.8. The summed E-state index contributed by atoms with van der Waals surface area (Å²) in [6, 6.07) is 9.92. The van der Waals surface area contributed by atoms with Crippen molar-refractivity contribution in [3.63, 3.8) is 0 Å². The predicted octanol–water partition coefficient (Wildman–Crippen LogP) is 3.99. The number of benzene rings is 1. The van der Waals surface area contributed by atoms with E-state index in [2.05, 4.69) is 25.3 Å². The number of nitrogens with zero attached hydrogens (tertiary/aromatic N) is 1. The van der Waals surface area contributed by atoms with Gasteiger partial charge in [0.1, 0.15) is 11.0 Å². The predicted molar refractivity (Wildman–Crippen MR) is 123 cm³/mol. The monoisotopic (exact) mass is 444 g/mol. The maximum atomic E-state index is 14.8. The van der Waals surface area contributed by atoms with E-state index in [1.54, 1.807) is 4.78 Å². The lowest BCUT2D eigenvalue weighted by Crippen LogP contribution is -3.11. The molecule has 1 aromatic rings. The van der Waals surface area contributed by atoms with E-state index < -0.39 is 7.52 Å². The lowest BCUT2D eigenvalue weighted by atomic mass is 9.82. The summed E-state index contributed by atoms with van der Waals surface area (Å²) in [5, 5.41) is 0.908. The van der Waals surface area contributed by atoms with Gasteiger partial charge in [0, 0.05) is 13.0 Å². The Hall–Kier alpha value is -1.59. The fourth-order valence-corrected chi connectivity index (χ4v) is 7.83. The van der Waals surface area contributed by atoms with E-state index in [0.29, 0.717) is 6.61 Å². The highest BCUT2D eigenvalue weighted by Gasteiger charge is 2.53. The number of hydrogen-bond donors (Lipinski definition) is 2. The molecule has 3 aliphatic heterocycles. The van der Waals surface area contributed by atoms with Crippen LogP contribution in [0.15, 0.2) is 53.1 Å².